The van der Waals surface area contributed by atoms with Crippen LogP contribution in [0.15, 0.2) is 38.0 Å². The summed E-state index contributed by atoms with van der Waals surface area (Å²) in [6, 6.07) is 0.429. The number of hydrogen-bond donors (Lipinski definition) is 1. The van der Waals surface area contributed by atoms with Crippen LogP contribution in [0.5, 0.6) is 0 Å². The Hall–Kier alpha value is -2.48. The number of likely N-dealkylation sites (N-methyl/N-ethyl adjacent to an activating group) is 1. The average Bonchev–Trinajstić information content (AvgIpc) is 3.40. The summed E-state index contributed by atoms with van der Waals surface area (Å²) >= 11 is 0. The maximum atomic E-state index is 13.5. The van der Waals surface area contributed by atoms with Crippen LogP contribution in [-0.4, -0.2) is 89.8 Å². The van der Waals surface area contributed by atoms with Gasteiger partial charge in [0.1, 0.15) is 17.5 Å². The van der Waals surface area contributed by atoms with Crippen LogP contribution >= 0.6 is 0 Å². The third kappa shape index (κ3) is 5.59. The number of amides is 1. The van der Waals surface area contributed by atoms with Crippen LogP contribution in [0, 0.1) is 5.92 Å². The summed E-state index contributed by atoms with van der Waals surface area (Å²) in [5.74, 6) is 3.79. The van der Waals surface area contributed by atoms with Crippen molar-refractivity contribution in [2.45, 2.75) is 71.9 Å². The van der Waals surface area contributed by atoms with E-state index < -0.39 is 0 Å². The van der Waals surface area contributed by atoms with E-state index in [0.29, 0.717) is 18.0 Å². The largest absolute Gasteiger partial charge is 0.358 e. The molecule has 34 heavy (non-hydrogen) atoms. The molecule has 0 spiro atoms. The number of carbonyl (C=O) groups is 1. The molecule has 3 fully saturated rings. The van der Waals surface area contributed by atoms with Gasteiger partial charge in [0.25, 0.3) is 5.91 Å². The van der Waals surface area contributed by atoms with E-state index in [0.717, 1.165) is 75.1 Å². The number of hydrogen-bond acceptors (Lipinski definition) is 7. The number of nitrogens with zero attached hydrogens (tertiary/aromatic N) is 6. The van der Waals surface area contributed by atoms with E-state index in [4.69, 9.17) is 15.7 Å². The van der Waals surface area contributed by atoms with Crippen LogP contribution in [0.2, 0.25) is 0 Å². The molecule has 0 aromatic heterocycles. The number of allylic oxidation sites excluding steroid dienone is 2. The van der Waals surface area contributed by atoms with Gasteiger partial charge in [-0.15, -0.1) is 0 Å². The molecular weight excluding hydrogens is 426 g/mol. The van der Waals surface area contributed by atoms with E-state index in [1.807, 2.05) is 17.9 Å². The van der Waals surface area contributed by atoms with E-state index in [-0.39, 0.29) is 18.0 Å². The van der Waals surface area contributed by atoms with Crippen LogP contribution in [0.1, 0.15) is 59.8 Å². The van der Waals surface area contributed by atoms with E-state index in [9.17, 15) is 4.79 Å². The quantitative estimate of drug-likeness (QED) is 0.461. The van der Waals surface area contributed by atoms with Crippen LogP contribution in [0.3, 0.4) is 0 Å². The molecule has 1 aliphatic carbocycles. The molecule has 1 atom stereocenters. The maximum Gasteiger partial charge on any atom is 0.255 e. The Kier molecular flexibility index (Phi) is 7.86. The maximum absolute atomic E-state index is 13.5. The lowest BCUT2D eigenvalue weighted by Gasteiger charge is -2.39. The third-order valence-corrected chi connectivity index (χ3v) is 7.30. The van der Waals surface area contributed by atoms with Crippen LogP contribution in [0.25, 0.3) is 0 Å². The van der Waals surface area contributed by atoms with Gasteiger partial charge in [-0.25, -0.2) is 9.98 Å². The predicted octanol–water partition coefficient (Wildman–Crippen LogP) is 2.82. The van der Waals surface area contributed by atoms with Gasteiger partial charge in [0.2, 0.25) is 0 Å². The number of amidine groups is 2. The van der Waals surface area contributed by atoms with Gasteiger partial charge in [-0.1, -0.05) is 6.08 Å². The fourth-order valence-electron chi connectivity index (χ4n) is 5.15. The zero-order valence-corrected chi connectivity index (χ0v) is 21.3. The lowest BCUT2D eigenvalue weighted by molar-refractivity contribution is -0.129. The van der Waals surface area contributed by atoms with Gasteiger partial charge < -0.3 is 20.4 Å². The SMILES string of the molecule is C/C=C(\C=N/C(=C(C)C)N1CCC(N)C1)C(=O)N(CC)C1CCN(C2=NC(C3CC3)=NC2)CC1. The average molecular weight is 468 g/mol. The van der Waals surface area contributed by atoms with Gasteiger partial charge in [0, 0.05) is 56.9 Å². The van der Waals surface area contributed by atoms with Crippen molar-refractivity contribution in [2.24, 2.45) is 26.6 Å². The first-order chi connectivity index (χ1) is 16.4. The second-order valence-corrected chi connectivity index (χ2v) is 10.1. The van der Waals surface area contributed by atoms with Crippen molar-refractivity contribution in [3.63, 3.8) is 0 Å². The summed E-state index contributed by atoms with van der Waals surface area (Å²) < 4.78 is 0. The summed E-state index contributed by atoms with van der Waals surface area (Å²) in [7, 11) is 0. The predicted molar refractivity (Wildman–Crippen MR) is 139 cm³/mol. The molecule has 4 aliphatic rings. The lowest BCUT2D eigenvalue weighted by Crippen LogP contribution is -2.49. The van der Waals surface area contributed by atoms with Gasteiger partial charge >= 0.3 is 0 Å². The smallest absolute Gasteiger partial charge is 0.255 e. The summed E-state index contributed by atoms with van der Waals surface area (Å²) in [4.78, 5) is 34.3. The second kappa shape index (κ2) is 10.8. The second-order valence-electron chi connectivity index (χ2n) is 10.1. The first kappa shape index (κ1) is 24.6. The molecule has 2 saturated heterocycles. The highest BCUT2D eigenvalue weighted by Crippen LogP contribution is 2.33. The molecule has 2 N–H and O–H groups in total. The van der Waals surface area contributed by atoms with E-state index >= 15 is 0 Å². The highest BCUT2D eigenvalue weighted by atomic mass is 16.2. The summed E-state index contributed by atoms with van der Waals surface area (Å²) in [6.07, 6.45) is 8.99. The molecule has 4 rings (SSSR count). The highest BCUT2D eigenvalue weighted by molar-refractivity contribution is 6.12. The fraction of sp³-hybridized carbons (Fsp3) is 0.692. The summed E-state index contributed by atoms with van der Waals surface area (Å²) in [5.41, 5.74) is 7.88. The Morgan fingerprint density at radius 2 is 1.91 bits per heavy atom. The van der Waals surface area contributed by atoms with Gasteiger partial charge in [0.05, 0.1) is 12.1 Å². The van der Waals surface area contributed by atoms with Crippen molar-refractivity contribution in [2.75, 3.05) is 39.3 Å². The van der Waals surface area contributed by atoms with Crippen molar-refractivity contribution >= 4 is 23.8 Å². The molecule has 1 saturated carbocycles. The number of aliphatic imine (C=N–C) groups is 3. The molecule has 0 bridgehead atoms. The number of carbonyl (C=O) groups excluding carboxylic acids is 1. The molecule has 1 amide bonds. The molecule has 8 heteroatoms. The topological polar surface area (TPSA) is 89.9 Å². The number of rotatable bonds is 7. The molecule has 0 aromatic carbocycles. The zero-order chi connectivity index (χ0) is 24.2. The zero-order valence-electron chi connectivity index (χ0n) is 21.3. The normalized spacial score (nSPS) is 24.0. The Morgan fingerprint density at radius 3 is 2.47 bits per heavy atom. The minimum atomic E-state index is 0.0657. The van der Waals surface area contributed by atoms with Gasteiger partial charge in [-0.3, -0.25) is 9.79 Å². The van der Waals surface area contributed by atoms with Crippen molar-refractivity contribution < 1.29 is 4.79 Å². The van der Waals surface area contributed by atoms with E-state index in [1.165, 1.54) is 12.8 Å². The molecule has 186 valence electrons. The molecule has 3 heterocycles. The first-order valence-corrected chi connectivity index (χ1v) is 13.0. The minimum Gasteiger partial charge on any atom is -0.358 e. The van der Waals surface area contributed by atoms with Gasteiger partial charge in [-0.05, 0) is 65.4 Å². The number of nitrogens with two attached hydrogens (primary N) is 1. The molecular formula is C26H41N7O. The molecule has 8 nitrogen and oxygen atoms in total. The third-order valence-electron chi connectivity index (χ3n) is 7.30. The van der Waals surface area contributed by atoms with E-state index in [1.54, 1.807) is 6.21 Å². The molecule has 0 aromatic rings. The highest BCUT2D eigenvalue weighted by Gasteiger charge is 2.33. The summed E-state index contributed by atoms with van der Waals surface area (Å²) in [5, 5.41) is 0. The fourth-order valence-corrected chi connectivity index (χ4v) is 5.15. The molecule has 3 aliphatic heterocycles. The van der Waals surface area contributed by atoms with Gasteiger partial charge in [-0.2, -0.15) is 0 Å². The number of piperidine rings is 1. The van der Waals surface area contributed by atoms with Crippen molar-refractivity contribution in [1.82, 2.24) is 14.7 Å². The first-order valence-electron chi connectivity index (χ1n) is 13.0. The van der Waals surface area contributed by atoms with Crippen molar-refractivity contribution in [3.8, 4) is 0 Å². The van der Waals surface area contributed by atoms with Crippen LogP contribution in [0.4, 0.5) is 0 Å². The Morgan fingerprint density at radius 1 is 1.18 bits per heavy atom. The van der Waals surface area contributed by atoms with Crippen LogP contribution < -0.4 is 5.73 Å². The standard InChI is InChI=1S/C26H41N7O/c1-5-19(15-29-25(18(3)4)32-12-9-21(27)17-32)26(34)33(6-2)22-10-13-31(14-11-22)23-16-28-24(30-23)20-7-8-20/h5,15,20-22H,6-14,16-17,27H2,1-4H3/b19-5+,29-15-. The Labute approximate surface area is 204 Å². The Bertz CT molecular complexity index is 915. The summed E-state index contributed by atoms with van der Waals surface area (Å²) in [6.45, 7) is 13.1. The molecule has 0 radical (unpaired) electrons. The monoisotopic (exact) mass is 467 g/mol. The van der Waals surface area contributed by atoms with E-state index in [2.05, 4.69) is 35.6 Å². The van der Waals surface area contributed by atoms with Crippen LogP contribution in [-0.2, 0) is 4.79 Å². The van der Waals surface area contributed by atoms with Crippen molar-refractivity contribution in [3.05, 3.63) is 23.0 Å². The number of likely N-dealkylation sites (tertiary alicyclic amines) is 2. The lowest BCUT2D eigenvalue weighted by atomic mass is 10.0. The Balaban J connectivity index is 1.36. The van der Waals surface area contributed by atoms with Crippen molar-refractivity contribution in [1.29, 1.82) is 0 Å². The minimum absolute atomic E-state index is 0.0657. The van der Waals surface area contributed by atoms with Gasteiger partial charge in [0.15, 0.2) is 0 Å². The molecule has 1 unspecified atom stereocenters.